The van der Waals surface area contributed by atoms with Crippen molar-refractivity contribution in [2.45, 2.75) is 26.7 Å². The van der Waals surface area contributed by atoms with Gasteiger partial charge in [0, 0.05) is 6.20 Å². The van der Waals surface area contributed by atoms with Crippen LogP contribution in [0, 0.1) is 6.92 Å². The minimum absolute atomic E-state index is 0.708. The van der Waals surface area contributed by atoms with Gasteiger partial charge in [0.2, 0.25) is 0 Å². The molecule has 0 aliphatic heterocycles. The van der Waals surface area contributed by atoms with Gasteiger partial charge in [-0.3, -0.25) is 0 Å². The number of benzene rings is 2. The molecule has 0 aliphatic carbocycles. The number of H-pyrrole nitrogens is 1. The number of hydrogen-bond donors (Lipinski definition) is 1. The van der Waals surface area contributed by atoms with Crippen molar-refractivity contribution >= 4 is 21.9 Å². The van der Waals surface area contributed by atoms with Crippen molar-refractivity contribution in [1.82, 2.24) is 15.0 Å². The number of nitrogens with one attached hydrogen (secondary N) is 1. The molecular formula is C21H21N3O. The molecule has 2 aromatic carbocycles. The van der Waals surface area contributed by atoms with Crippen LogP contribution in [0.2, 0.25) is 0 Å². The summed E-state index contributed by atoms with van der Waals surface area (Å²) in [5, 5.41) is 2.40. The van der Waals surface area contributed by atoms with Gasteiger partial charge in [0.1, 0.15) is 11.6 Å². The Morgan fingerprint density at radius 2 is 2.04 bits per heavy atom. The number of rotatable bonds is 5. The third-order valence-corrected chi connectivity index (χ3v) is 4.47. The Morgan fingerprint density at radius 3 is 2.88 bits per heavy atom. The normalized spacial score (nSPS) is 11.3. The number of fused-ring (bicyclic) bond motifs is 2. The Hall–Kier alpha value is -2.88. The fourth-order valence-electron chi connectivity index (χ4n) is 3.07. The molecule has 25 heavy (non-hydrogen) atoms. The molecule has 4 heteroatoms. The number of aromatic nitrogens is 3. The summed E-state index contributed by atoms with van der Waals surface area (Å²) in [6, 6.07) is 14.5. The Balaban J connectivity index is 1.88. The van der Waals surface area contributed by atoms with Crippen molar-refractivity contribution in [3.05, 3.63) is 54.2 Å². The largest absolute Gasteiger partial charge is 0.493 e. The van der Waals surface area contributed by atoms with E-state index in [1.807, 2.05) is 12.1 Å². The summed E-state index contributed by atoms with van der Waals surface area (Å²) >= 11 is 0. The number of imidazole rings is 1. The van der Waals surface area contributed by atoms with Crippen molar-refractivity contribution in [3.8, 4) is 17.1 Å². The van der Waals surface area contributed by atoms with E-state index in [0.717, 1.165) is 41.1 Å². The van der Waals surface area contributed by atoms with E-state index in [9.17, 15) is 0 Å². The van der Waals surface area contributed by atoms with Crippen LogP contribution in [-0.4, -0.2) is 21.6 Å². The topological polar surface area (TPSA) is 50.8 Å². The molecule has 4 rings (SSSR count). The van der Waals surface area contributed by atoms with E-state index >= 15 is 0 Å². The molecular weight excluding hydrogens is 310 g/mol. The van der Waals surface area contributed by atoms with E-state index in [-0.39, 0.29) is 0 Å². The van der Waals surface area contributed by atoms with Gasteiger partial charge in [-0.05, 0) is 53.9 Å². The molecule has 4 nitrogen and oxygen atoms in total. The lowest BCUT2D eigenvalue weighted by molar-refractivity contribution is 0.311. The Morgan fingerprint density at radius 1 is 1.12 bits per heavy atom. The molecule has 0 atom stereocenters. The summed E-state index contributed by atoms with van der Waals surface area (Å²) in [4.78, 5) is 12.3. The lowest BCUT2D eigenvalue weighted by Crippen LogP contribution is -1.99. The highest BCUT2D eigenvalue weighted by molar-refractivity contribution is 5.92. The van der Waals surface area contributed by atoms with Gasteiger partial charge in [0.05, 0.1) is 17.7 Å². The lowest BCUT2D eigenvalue weighted by Gasteiger charge is -2.13. The summed E-state index contributed by atoms with van der Waals surface area (Å²) in [6.45, 7) is 5.00. The predicted molar refractivity (Wildman–Crippen MR) is 102 cm³/mol. The third-order valence-electron chi connectivity index (χ3n) is 4.47. The molecule has 126 valence electrons. The van der Waals surface area contributed by atoms with E-state index in [1.165, 1.54) is 16.3 Å². The van der Waals surface area contributed by atoms with Crippen LogP contribution in [0.4, 0.5) is 0 Å². The van der Waals surface area contributed by atoms with Gasteiger partial charge < -0.3 is 9.72 Å². The van der Waals surface area contributed by atoms with Crippen LogP contribution in [0.1, 0.15) is 25.3 Å². The zero-order chi connectivity index (χ0) is 17.2. The van der Waals surface area contributed by atoms with Gasteiger partial charge in [-0.2, -0.15) is 0 Å². The molecule has 0 unspecified atom stereocenters. The lowest BCUT2D eigenvalue weighted by atomic mass is 10.0. The maximum Gasteiger partial charge on any atom is 0.178 e. The molecule has 4 aromatic rings. The molecule has 2 heterocycles. The maximum atomic E-state index is 6.11. The van der Waals surface area contributed by atoms with Gasteiger partial charge in [0.25, 0.3) is 0 Å². The third kappa shape index (κ3) is 2.95. The van der Waals surface area contributed by atoms with E-state index < -0.39 is 0 Å². The smallest absolute Gasteiger partial charge is 0.178 e. The van der Waals surface area contributed by atoms with Crippen molar-refractivity contribution < 1.29 is 4.74 Å². The van der Waals surface area contributed by atoms with Gasteiger partial charge >= 0.3 is 0 Å². The van der Waals surface area contributed by atoms with Gasteiger partial charge in [0.15, 0.2) is 5.65 Å². The second-order valence-corrected chi connectivity index (χ2v) is 6.31. The first-order valence-corrected chi connectivity index (χ1v) is 8.73. The fourth-order valence-corrected chi connectivity index (χ4v) is 3.07. The zero-order valence-corrected chi connectivity index (χ0v) is 14.5. The monoisotopic (exact) mass is 331 g/mol. The molecule has 0 spiro atoms. The number of aromatic amines is 1. The standard InChI is InChI=1S/C21H21N3O/c1-3-4-11-25-19-13-16-14(2)7-5-8-15(16)12-17(19)20-23-18-9-6-10-22-21(18)24-20/h5-10,12-13H,3-4,11H2,1-2H3,(H,22,23,24). The van der Waals surface area contributed by atoms with E-state index in [4.69, 9.17) is 4.74 Å². The van der Waals surface area contributed by atoms with E-state index in [2.05, 4.69) is 59.1 Å². The highest BCUT2D eigenvalue weighted by Gasteiger charge is 2.14. The van der Waals surface area contributed by atoms with Crippen LogP contribution in [0.15, 0.2) is 48.7 Å². The van der Waals surface area contributed by atoms with Crippen LogP contribution in [0.25, 0.3) is 33.3 Å². The van der Waals surface area contributed by atoms with Crippen molar-refractivity contribution in [3.63, 3.8) is 0 Å². The number of unbranched alkanes of at least 4 members (excludes halogenated alkanes) is 1. The first kappa shape index (κ1) is 15.6. The van der Waals surface area contributed by atoms with Gasteiger partial charge in [-0.15, -0.1) is 0 Å². The molecule has 0 saturated heterocycles. The van der Waals surface area contributed by atoms with Gasteiger partial charge in [-0.1, -0.05) is 31.5 Å². The van der Waals surface area contributed by atoms with Crippen LogP contribution in [0.5, 0.6) is 5.75 Å². The average Bonchev–Trinajstić information content (AvgIpc) is 3.06. The minimum atomic E-state index is 0.708. The second kappa shape index (κ2) is 6.55. The van der Waals surface area contributed by atoms with Crippen LogP contribution >= 0.6 is 0 Å². The van der Waals surface area contributed by atoms with Crippen LogP contribution in [-0.2, 0) is 0 Å². The number of pyridine rings is 1. The zero-order valence-electron chi connectivity index (χ0n) is 14.5. The first-order valence-electron chi connectivity index (χ1n) is 8.73. The Labute approximate surface area is 146 Å². The molecule has 1 N–H and O–H groups in total. The number of hydrogen-bond acceptors (Lipinski definition) is 3. The predicted octanol–water partition coefficient (Wildman–Crippen LogP) is 5.27. The van der Waals surface area contributed by atoms with Crippen molar-refractivity contribution in [1.29, 1.82) is 0 Å². The SMILES string of the molecule is CCCCOc1cc2c(C)cccc2cc1-c1nc2ncccc2[nH]1. The minimum Gasteiger partial charge on any atom is -0.493 e. The summed E-state index contributed by atoms with van der Waals surface area (Å²) in [6.07, 6.45) is 3.90. The fraction of sp³-hybridized carbons (Fsp3) is 0.238. The van der Waals surface area contributed by atoms with Crippen LogP contribution < -0.4 is 4.74 Å². The second-order valence-electron chi connectivity index (χ2n) is 6.31. The maximum absolute atomic E-state index is 6.11. The molecule has 0 fully saturated rings. The molecule has 0 radical (unpaired) electrons. The molecule has 0 aliphatic rings. The van der Waals surface area contributed by atoms with Gasteiger partial charge in [-0.25, -0.2) is 9.97 Å². The molecule has 0 saturated carbocycles. The number of ether oxygens (including phenoxy) is 1. The molecule has 2 aromatic heterocycles. The number of nitrogens with zero attached hydrogens (tertiary/aromatic N) is 2. The quantitative estimate of drug-likeness (QED) is 0.507. The average molecular weight is 331 g/mol. The summed E-state index contributed by atoms with van der Waals surface area (Å²) in [5.74, 6) is 1.66. The summed E-state index contributed by atoms with van der Waals surface area (Å²) < 4.78 is 6.11. The highest BCUT2D eigenvalue weighted by Crippen LogP contribution is 2.35. The number of aryl methyl sites for hydroxylation is 1. The highest BCUT2D eigenvalue weighted by atomic mass is 16.5. The molecule has 0 amide bonds. The first-order chi connectivity index (χ1) is 12.3. The van der Waals surface area contributed by atoms with E-state index in [1.54, 1.807) is 6.20 Å². The van der Waals surface area contributed by atoms with Crippen molar-refractivity contribution in [2.24, 2.45) is 0 Å². The summed E-state index contributed by atoms with van der Waals surface area (Å²) in [5.41, 5.74) is 3.88. The Bertz CT molecular complexity index is 1000. The van der Waals surface area contributed by atoms with E-state index in [0.29, 0.717) is 6.61 Å². The Kier molecular flexibility index (Phi) is 4.10. The van der Waals surface area contributed by atoms with Crippen molar-refractivity contribution in [2.75, 3.05) is 6.61 Å². The molecule has 0 bridgehead atoms. The summed E-state index contributed by atoms with van der Waals surface area (Å²) in [7, 11) is 0. The van der Waals surface area contributed by atoms with Crippen LogP contribution in [0.3, 0.4) is 0 Å².